The molecule has 150 valence electrons. The van der Waals surface area contributed by atoms with Crippen LogP contribution in [0.4, 0.5) is 4.79 Å². The molecule has 1 aliphatic carbocycles. The molecule has 1 aromatic rings. The molecule has 1 N–H and O–H groups in total. The van der Waals surface area contributed by atoms with Crippen molar-refractivity contribution in [2.45, 2.75) is 84.4 Å². The van der Waals surface area contributed by atoms with E-state index < -0.39 is 11.7 Å². The third kappa shape index (κ3) is 7.61. The van der Waals surface area contributed by atoms with E-state index >= 15 is 0 Å². The lowest BCUT2D eigenvalue weighted by atomic mass is 10.0. The predicted octanol–water partition coefficient (Wildman–Crippen LogP) is 4.61. The lowest BCUT2D eigenvalue weighted by Gasteiger charge is -2.23. The van der Waals surface area contributed by atoms with Crippen LogP contribution in [0.5, 0.6) is 0 Å². The van der Waals surface area contributed by atoms with E-state index in [-0.39, 0.29) is 5.91 Å². The molecule has 1 aromatic carbocycles. The summed E-state index contributed by atoms with van der Waals surface area (Å²) in [5, 5.41) is 2.71. The Labute approximate surface area is 163 Å². The van der Waals surface area contributed by atoms with Gasteiger partial charge in [0.2, 0.25) is 5.91 Å². The molecular formula is C22H34N2O3. The fraction of sp³-hybridized carbons (Fsp3) is 0.636. The van der Waals surface area contributed by atoms with E-state index in [1.807, 2.05) is 25.7 Å². The summed E-state index contributed by atoms with van der Waals surface area (Å²) in [5.74, 6) is 0.675. The van der Waals surface area contributed by atoms with Crippen molar-refractivity contribution < 1.29 is 14.3 Å². The van der Waals surface area contributed by atoms with Gasteiger partial charge in [0.05, 0.1) is 0 Å². The smallest absolute Gasteiger partial charge is 0.407 e. The molecule has 2 rings (SSSR count). The Morgan fingerprint density at radius 1 is 1.19 bits per heavy atom. The molecule has 5 heteroatoms. The molecule has 0 aliphatic heterocycles. The topological polar surface area (TPSA) is 58.6 Å². The first-order valence-electron chi connectivity index (χ1n) is 10.0. The summed E-state index contributed by atoms with van der Waals surface area (Å²) in [6, 6.07) is 8.94. The number of hydrogen-bond acceptors (Lipinski definition) is 3. The predicted molar refractivity (Wildman–Crippen MR) is 108 cm³/mol. The number of amides is 2. The van der Waals surface area contributed by atoms with Crippen LogP contribution < -0.4 is 5.32 Å². The second-order valence-corrected chi connectivity index (χ2v) is 8.68. The zero-order valence-corrected chi connectivity index (χ0v) is 17.4. The lowest BCUT2D eigenvalue weighted by molar-refractivity contribution is -0.132. The van der Waals surface area contributed by atoms with E-state index in [1.54, 1.807) is 0 Å². The summed E-state index contributed by atoms with van der Waals surface area (Å²) in [6.45, 7) is 11.0. The zero-order valence-electron chi connectivity index (χ0n) is 17.4. The zero-order chi connectivity index (χ0) is 20.0. The number of nitrogens with one attached hydrogen (secondary N) is 1. The highest BCUT2D eigenvalue weighted by Gasteiger charge is 2.32. The van der Waals surface area contributed by atoms with Gasteiger partial charge >= 0.3 is 6.09 Å². The van der Waals surface area contributed by atoms with E-state index in [0.29, 0.717) is 37.9 Å². The number of carbonyl (C=O) groups is 2. The summed E-state index contributed by atoms with van der Waals surface area (Å²) in [5.41, 5.74) is 1.98. The van der Waals surface area contributed by atoms with Crippen molar-refractivity contribution in [2.24, 2.45) is 0 Å². The molecule has 27 heavy (non-hydrogen) atoms. The van der Waals surface area contributed by atoms with E-state index in [1.165, 1.54) is 11.1 Å². The summed E-state index contributed by atoms with van der Waals surface area (Å²) in [6.07, 6.45) is 2.81. The van der Waals surface area contributed by atoms with Gasteiger partial charge in [0.25, 0.3) is 0 Å². The fourth-order valence-corrected chi connectivity index (χ4v) is 2.90. The van der Waals surface area contributed by atoms with Crippen molar-refractivity contribution >= 4 is 12.0 Å². The average Bonchev–Trinajstić information content (AvgIpc) is 3.40. The summed E-state index contributed by atoms with van der Waals surface area (Å²) in [7, 11) is 0. The Bertz CT molecular complexity index is 628. The van der Waals surface area contributed by atoms with Crippen molar-refractivity contribution in [1.29, 1.82) is 0 Å². The molecule has 1 saturated carbocycles. The molecule has 5 nitrogen and oxygen atoms in total. The van der Waals surface area contributed by atoms with Crippen molar-refractivity contribution in [3.8, 4) is 0 Å². The number of rotatable bonds is 8. The maximum absolute atomic E-state index is 12.7. The van der Waals surface area contributed by atoms with Gasteiger partial charge < -0.3 is 15.0 Å². The second kappa shape index (κ2) is 9.25. The molecule has 0 atom stereocenters. The highest BCUT2D eigenvalue weighted by molar-refractivity contribution is 5.77. The van der Waals surface area contributed by atoms with Crippen molar-refractivity contribution in [3.05, 3.63) is 35.4 Å². The van der Waals surface area contributed by atoms with Crippen LogP contribution in [0.2, 0.25) is 0 Å². The summed E-state index contributed by atoms with van der Waals surface area (Å²) in [4.78, 5) is 26.3. The van der Waals surface area contributed by atoms with Crippen molar-refractivity contribution in [2.75, 3.05) is 6.54 Å². The van der Waals surface area contributed by atoms with Gasteiger partial charge in [0.15, 0.2) is 0 Å². The quantitative estimate of drug-likeness (QED) is 0.676. The Morgan fingerprint density at radius 2 is 1.81 bits per heavy atom. The number of carbonyl (C=O) groups excluding carboxylic acids is 2. The van der Waals surface area contributed by atoms with Gasteiger partial charge in [-0.05, 0) is 57.1 Å². The maximum atomic E-state index is 12.7. The molecule has 1 aliphatic rings. The highest BCUT2D eigenvalue weighted by atomic mass is 16.6. The molecule has 0 saturated heterocycles. The van der Waals surface area contributed by atoms with Gasteiger partial charge in [0, 0.05) is 25.6 Å². The maximum Gasteiger partial charge on any atom is 0.407 e. The third-order valence-electron chi connectivity index (χ3n) is 4.54. The number of ether oxygens (including phenoxy) is 1. The van der Waals surface area contributed by atoms with E-state index in [4.69, 9.17) is 4.74 Å². The molecule has 0 aromatic heterocycles. The monoisotopic (exact) mass is 374 g/mol. The van der Waals surface area contributed by atoms with Crippen LogP contribution >= 0.6 is 0 Å². The first-order valence-corrected chi connectivity index (χ1v) is 10.0. The Kier molecular flexibility index (Phi) is 7.28. The molecule has 2 amide bonds. The first-order chi connectivity index (χ1) is 12.7. The van der Waals surface area contributed by atoms with Gasteiger partial charge in [-0.3, -0.25) is 4.79 Å². The Hall–Kier alpha value is -2.04. The summed E-state index contributed by atoms with van der Waals surface area (Å²) >= 11 is 0. The minimum atomic E-state index is -0.506. The SMILES string of the molecule is CC(C)c1ccc(CN(C(=O)CCCNC(=O)OC(C)(C)C)C2CC2)cc1. The van der Waals surface area contributed by atoms with Gasteiger partial charge in [0.1, 0.15) is 5.60 Å². The molecular weight excluding hydrogens is 340 g/mol. The summed E-state index contributed by atoms with van der Waals surface area (Å²) < 4.78 is 5.20. The average molecular weight is 375 g/mol. The van der Waals surface area contributed by atoms with E-state index in [0.717, 1.165) is 12.8 Å². The van der Waals surface area contributed by atoms with E-state index in [9.17, 15) is 9.59 Å². The number of benzene rings is 1. The normalized spacial score (nSPS) is 14.1. The van der Waals surface area contributed by atoms with Crippen LogP contribution in [0, 0.1) is 0 Å². The third-order valence-corrected chi connectivity index (χ3v) is 4.54. The standard InChI is InChI=1S/C22H34N2O3/c1-16(2)18-10-8-17(9-11-18)15-24(19-12-13-19)20(25)7-6-14-23-21(26)27-22(3,4)5/h8-11,16,19H,6-7,12-15H2,1-5H3,(H,23,26). The number of hydrogen-bond donors (Lipinski definition) is 1. The van der Waals surface area contributed by atoms with Crippen molar-refractivity contribution in [3.63, 3.8) is 0 Å². The van der Waals surface area contributed by atoms with Gasteiger partial charge in [-0.1, -0.05) is 38.1 Å². The van der Waals surface area contributed by atoms with Gasteiger partial charge in [-0.2, -0.15) is 0 Å². The minimum absolute atomic E-state index is 0.163. The van der Waals surface area contributed by atoms with Crippen LogP contribution in [0.1, 0.15) is 77.3 Å². The largest absolute Gasteiger partial charge is 0.444 e. The van der Waals surface area contributed by atoms with E-state index in [2.05, 4.69) is 43.4 Å². The first kappa shape index (κ1) is 21.3. The number of nitrogens with zero attached hydrogens (tertiary/aromatic N) is 1. The molecule has 0 spiro atoms. The molecule has 0 radical (unpaired) electrons. The second-order valence-electron chi connectivity index (χ2n) is 8.68. The molecule has 0 heterocycles. The highest BCUT2D eigenvalue weighted by Crippen LogP contribution is 2.29. The fourth-order valence-electron chi connectivity index (χ4n) is 2.90. The lowest BCUT2D eigenvalue weighted by Crippen LogP contribution is -2.35. The minimum Gasteiger partial charge on any atom is -0.444 e. The van der Waals surface area contributed by atoms with Gasteiger partial charge in [-0.15, -0.1) is 0 Å². The van der Waals surface area contributed by atoms with Crippen LogP contribution in [-0.2, 0) is 16.1 Å². The van der Waals surface area contributed by atoms with Crippen LogP contribution in [0.3, 0.4) is 0 Å². The van der Waals surface area contributed by atoms with Crippen LogP contribution in [0.25, 0.3) is 0 Å². The number of alkyl carbamates (subject to hydrolysis) is 1. The Morgan fingerprint density at radius 3 is 2.33 bits per heavy atom. The van der Waals surface area contributed by atoms with Crippen LogP contribution in [0.15, 0.2) is 24.3 Å². The van der Waals surface area contributed by atoms with Crippen molar-refractivity contribution in [1.82, 2.24) is 10.2 Å². The molecule has 0 bridgehead atoms. The van der Waals surface area contributed by atoms with Gasteiger partial charge in [-0.25, -0.2) is 4.79 Å². The molecule has 0 unspecified atom stereocenters. The van der Waals surface area contributed by atoms with Crippen LogP contribution in [-0.4, -0.2) is 35.1 Å². The molecule has 1 fully saturated rings. The Balaban J connectivity index is 1.79.